The molecule has 3 N–H and O–H groups in total. The van der Waals surface area contributed by atoms with Gasteiger partial charge in [0.1, 0.15) is 6.04 Å². The average molecular weight is 404 g/mol. The molecule has 1 aromatic carbocycles. The fourth-order valence-electron chi connectivity index (χ4n) is 3.32. The Balaban J connectivity index is 2.92. The molecule has 162 valence electrons. The van der Waals surface area contributed by atoms with Gasteiger partial charge in [0.25, 0.3) is 0 Å². The number of benzene rings is 1. The van der Waals surface area contributed by atoms with E-state index in [0.717, 1.165) is 5.56 Å². The third-order valence-corrected chi connectivity index (χ3v) is 4.94. The quantitative estimate of drug-likeness (QED) is 0.594. The highest BCUT2D eigenvalue weighted by molar-refractivity contribution is 5.93. The standard InChI is InChI=1S/C23H37N3O3/c1-15(2)12-20(17(5)27)25-22(28)21(13-16(3)4)26(6)23(29)19(24)14-18-10-8-7-9-11-18/h7-11,15-16,19-21H,12-14,24H2,1-6H3,(H,25,28)/t19-,20-,21-/m0/s1. The Bertz CT molecular complexity index is 673. The van der Waals surface area contributed by atoms with Crippen molar-refractivity contribution in [3.8, 4) is 0 Å². The van der Waals surface area contributed by atoms with E-state index >= 15 is 0 Å². The van der Waals surface area contributed by atoms with E-state index in [1.807, 2.05) is 58.0 Å². The molecule has 0 aliphatic heterocycles. The van der Waals surface area contributed by atoms with Gasteiger partial charge < -0.3 is 16.0 Å². The number of carbonyl (C=O) groups excluding carboxylic acids is 3. The second kappa shape index (κ2) is 11.7. The highest BCUT2D eigenvalue weighted by Gasteiger charge is 2.32. The smallest absolute Gasteiger partial charge is 0.243 e. The van der Waals surface area contributed by atoms with Crippen molar-refractivity contribution in [2.24, 2.45) is 17.6 Å². The monoisotopic (exact) mass is 403 g/mol. The Morgan fingerprint density at radius 1 is 1.00 bits per heavy atom. The van der Waals surface area contributed by atoms with Crippen molar-refractivity contribution in [1.29, 1.82) is 0 Å². The maximum atomic E-state index is 13.0. The molecule has 0 radical (unpaired) electrons. The van der Waals surface area contributed by atoms with Crippen LogP contribution >= 0.6 is 0 Å². The molecule has 6 nitrogen and oxygen atoms in total. The lowest BCUT2D eigenvalue weighted by atomic mass is 9.97. The Hall–Kier alpha value is -2.21. The second-order valence-electron chi connectivity index (χ2n) is 8.69. The molecule has 0 saturated heterocycles. The van der Waals surface area contributed by atoms with Crippen molar-refractivity contribution in [3.63, 3.8) is 0 Å². The van der Waals surface area contributed by atoms with E-state index in [0.29, 0.717) is 19.3 Å². The highest BCUT2D eigenvalue weighted by Crippen LogP contribution is 2.15. The summed E-state index contributed by atoms with van der Waals surface area (Å²) in [5.41, 5.74) is 7.13. The van der Waals surface area contributed by atoms with Gasteiger partial charge >= 0.3 is 0 Å². The third-order valence-electron chi connectivity index (χ3n) is 4.94. The van der Waals surface area contributed by atoms with Crippen LogP contribution in [0.5, 0.6) is 0 Å². The number of hydrogen-bond donors (Lipinski definition) is 2. The highest BCUT2D eigenvalue weighted by atomic mass is 16.2. The van der Waals surface area contributed by atoms with Crippen LogP contribution in [0.25, 0.3) is 0 Å². The zero-order valence-electron chi connectivity index (χ0n) is 18.6. The SMILES string of the molecule is CC(=O)[C@H](CC(C)C)NC(=O)[C@H](CC(C)C)N(C)C(=O)[C@@H](N)Cc1ccccc1. The summed E-state index contributed by atoms with van der Waals surface area (Å²) >= 11 is 0. The summed E-state index contributed by atoms with van der Waals surface area (Å²) in [6.07, 6.45) is 1.47. The molecule has 0 aliphatic rings. The van der Waals surface area contributed by atoms with Gasteiger partial charge in [-0.1, -0.05) is 58.0 Å². The molecular formula is C23H37N3O3. The molecule has 1 rings (SSSR count). The molecule has 2 amide bonds. The van der Waals surface area contributed by atoms with Crippen LogP contribution in [0.4, 0.5) is 0 Å². The second-order valence-corrected chi connectivity index (χ2v) is 8.69. The van der Waals surface area contributed by atoms with Gasteiger partial charge in [-0.05, 0) is 43.6 Å². The first-order chi connectivity index (χ1) is 13.5. The summed E-state index contributed by atoms with van der Waals surface area (Å²) in [7, 11) is 1.62. The minimum Gasteiger partial charge on any atom is -0.345 e. The molecule has 29 heavy (non-hydrogen) atoms. The first kappa shape index (κ1) is 24.8. The third kappa shape index (κ3) is 8.36. The molecule has 0 aliphatic carbocycles. The van der Waals surface area contributed by atoms with Gasteiger partial charge in [-0.2, -0.15) is 0 Å². The average Bonchev–Trinajstić information content (AvgIpc) is 2.64. The number of ketones is 1. The Labute approximate surface area is 175 Å². The lowest BCUT2D eigenvalue weighted by Gasteiger charge is -2.32. The van der Waals surface area contributed by atoms with Crippen LogP contribution in [0.3, 0.4) is 0 Å². The van der Waals surface area contributed by atoms with E-state index in [1.54, 1.807) is 7.05 Å². The fourth-order valence-corrected chi connectivity index (χ4v) is 3.32. The maximum absolute atomic E-state index is 13.0. The summed E-state index contributed by atoms with van der Waals surface area (Å²) in [4.78, 5) is 39.3. The van der Waals surface area contributed by atoms with Crippen molar-refractivity contribution in [2.45, 2.75) is 72.0 Å². The predicted octanol–water partition coefficient (Wildman–Crippen LogP) is 2.55. The van der Waals surface area contributed by atoms with Crippen molar-refractivity contribution in [2.75, 3.05) is 7.05 Å². The number of Topliss-reactive ketones (excluding diaryl/α,β-unsaturated/α-hetero) is 1. The number of carbonyl (C=O) groups is 3. The minimum absolute atomic E-state index is 0.0786. The van der Waals surface area contributed by atoms with E-state index in [9.17, 15) is 14.4 Å². The van der Waals surface area contributed by atoms with Gasteiger partial charge in [0.15, 0.2) is 5.78 Å². The summed E-state index contributed by atoms with van der Waals surface area (Å²) in [6.45, 7) is 9.49. The van der Waals surface area contributed by atoms with E-state index in [-0.39, 0.29) is 29.4 Å². The van der Waals surface area contributed by atoms with Crippen LogP contribution < -0.4 is 11.1 Å². The lowest BCUT2D eigenvalue weighted by Crippen LogP contribution is -2.55. The van der Waals surface area contributed by atoms with Gasteiger partial charge in [-0.25, -0.2) is 0 Å². The van der Waals surface area contributed by atoms with E-state index in [2.05, 4.69) is 5.32 Å². The molecule has 0 aromatic heterocycles. The van der Waals surface area contributed by atoms with Gasteiger partial charge in [-0.15, -0.1) is 0 Å². The zero-order chi connectivity index (χ0) is 22.1. The Kier molecular flexibility index (Phi) is 10.0. The molecule has 3 atom stereocenters. The molecule has 0 spiro atoms. The van der Waals surface area contributed by atoms with Gasteiger partial charge in [0.2, 0.25) is 11.8 Å². The summed E-state index contributed by atoms with van der Waals surface area (Å²) in [6, 6.07) is 7.63. The largest absolute Gasteiger partial charge is 0.345 e. The van der Waals surface area contributed by atoms with Crippen LogP contribution in [0, 0.1) is 11.8 Å². The van der Waals surface area contributed by atoms with Crippen molar-refractivity contribution in [1.82, 2.24) is 10.2 Å². The first-order valence-corrected chi connectivity index (χ1v) is 10.4. The van der Waals surface area contributed by atoms with Gasteiger partial charge in [0.05, 0.1) is 12.1 Å². The number of likely N-dealkylation sites (N-methyl/N-ethyl adjacent to an activating group) is 1. The normalized spacial score (nSPS) is 14.4. The van der Waals surface area contributed by atoms with Gasteiger partial charge in [0, 0.05) is 7.05 Å². The van der Waals surface area contributed by atoms with E-state index < -0.39 is 18.1 Å². The summed E-state index contributed by atoms with van der Waals surface area (Å²) in [5.74, 6) is -0.191. The van der Waals surface area contributed by atoms with Crippen molar-refractivity contribution >= 4 is 17.6 Å². The fraction of sp³-hybridized carbons (Fsp3) is 0.609. The minimum atomic E-state index is -0.732. The van der Waals surface area contributed by atoms with Crippen LogP contribution in [0.1, 0.15) is 53.0 Å². The topological polar surface area (TPSA) is 92.5 Å². The van der Waals surface area contributed by atoms with Gasteiger partial charge in [-0.3, -0.25) is 14.4 Å². The molecule has 6 heteroatoms. The van der Waals surface area contributed by atoms with Crippen LogP contribution in [-0.4, -0.2) is 47.7 Å². The summed E-state index contributed by atoms with van der Waals surface area (Å²) in [5, 5.41) is 2.85. The van der Waals surface area contributed by atoms with Crippen LogP contribution in [-0.2, 0) is 20.8 Å². The number of nitrogens with two attached hydrogens (primary N) is 1. The van der Waals surface area contributed by atoms with Crippen molar-refractivity contribution in [3.05, 3.63) is 35.9 Å². The predicted molar refractivity (Wildman–Crippen MR) is 116 cm³/mol. The number of rotatable bonds is 11. The van der Waals surface area contributed by atoms with E-state index in [1.165, 1.54) is 11.8 Å². The maximum Gasteiger partial charge on any atom is 0.243 e. The molecule has 0 heterocycles. The molecular weight excluding hydrogens is 366 g/mol. The first-order valence-electron chi connectivity index (χ1n) is 10.4. The van der Waals surface area contributed by atoms with Crippen LogP contribution in [0.15, 0.2) is 30.3 Å². The summed E-state index contributed by atoms with van der Waals surface area (Å²) < 4.78 is 0. The number of amides is 2. The lowest BCUT2D eigenvalue weighted by molar-refractivity contribution is -0.141. The van der Waals surface area contributed by atoms with Crippen molar-refractivity contribution < 1.29 is 14.4 Å². The number of hydrogen-bond acceptors (Lipinski definition) is 4. The number of nitrogens with one attached hydrogen (secondary N) is 1. The zero-order valence-corrected chi connectivity index (χ0v) is 18.6. The molecule has 0 unspecified atom stereocenters. The Morgan fingerprint density at radius 2 is 1.55 bits per heavy atom. The van der Waals surface area contributed by atoms with Crippen LogP contribution in [0.2, 0.25) is 0 Å². The molecule has 0 bridgehead atoms. The van der Waals surface area contributed by atoms with E-state index in [4.69, 9.17) is 5.73 Å². The molecule has 1 aromatic rings. The number of nitrogens with zero attached hydrogens (tertiary/aromatic N) is 1. The molecule has 0 fully saturated rings. The Morgan fingerprint density at radius 3 is 2.03 bits per heavy atom. The molecule has 0 saturated carbocycles.